The van der Waals surface area contributed by atoms with Gasteiger partial charge in [-0.25, -0.2) is 8.78 Å². The number of halogens is 2. The van der Waals surface area contributed by atoms with Crippen molar-refractivity contribution in [3.8, 4) is 0 Å². The van der Waals surface area contributed by atoms with Crippen LogP contribution in [0.4, 0.5) is 8.78 Å². The first kappa shape index (κ1) is 6.82. The molecule has 7 heavy (non-hydrogen) atoms. The molecule has 0 aromatic carbocycles. The first-order valence-corrected chi connectivity index (χ1v) is 1.94. The minimum Gasteiger partial charge on any atom is -0.314 e. The summed E-state index contributed by atoms with van der Waals surface area (Å²) in [6.45, 7) is 2.21. The second-order valence-corrected chi connectivity index (χ2v) is 1.39. The molecule has 3 heteroatoms. The van der Waals surface area contributed by atoms with Crippen LogP contribution in [-0.4, -0.2) is 19.5 Å². The van der Waals surface area contributed by atoms with E-state index < -0.39 is 5.92 Å². The number of rotatable bonds is 2. The van der Waals surface area contributed by atoms with Crippen LogP contribution in [0.1, 0.15) is 0 Å². The monoisotopic (exact) mass is 108 g/mol. The van der Waals surface area contributed by atoms with Crippen molar-refractivity contribution in [3.63, 3.8) is 0 Å². The molecule has 0 atom stereocenters. The van der Waals surface area contributed by atoms with Crippen molar-refractivity contribution >= 4 is 0 Å². The molecule has 0 saturated carbocycles. The summed E-state index contributed by atoms with van der Waals surface area (Å²) in [6, 6.07) is 0. The molecule has 0 aliphatic carbocycles. The van der Waals surface area contributed by atoms with Crippen LogP contribution in [0, 0.1) is 6.92 Å². The largest absolute Gasteiger partial charge is 0.314 e. The first-order valence-electron chi connectivity index (χ1n) is 1.94. The van der Waals surface area contributed by atoms with E-state index in [-0.39, 0.29) is 6.54 Å². The van der Waals surface area contributed by atoms with Gasteiger partial charge in [-0.15, -0.1) is 0 Å². The van der Waals surface area contributed by atoms with Crippen molar-refractivity contribution in [2.24, 2.45) is 0 Å². The Morgan fingerprint density at radius 1 is 1.71 bits per heavy atom. The van der Waals surface area contributed by atoms with Gasteiger partial charge in [0.25, 0.3) is 5.92 Å². The van der Waals surface area contributed by atoms with Crippen LogP contribution in [0.15, 0.2) is 0 Å². The van der Waals surface area contributed by atoms with E-state index in [1.165, 1.54) is 7.05 Å². The molecule has 1 N–H and O–H groups in total. The lowest BCUT2D eigenvalue weighted by atomic mass is 10.4. The summed E-state index contributed by atoms with van der Waals surface area (Å²) in [4.78, 5) is 0. The van der Waals surface area contributed by atoms with Gasteiger partial charge in [-0.2, -0.15) is 0 Å². The maximum Gasteiger partial charge on any atom is 0.260 e. The number of nitrogens with one attached hydrogen (secondary N) is 1. The van der Waals surface area contributed by atoms with E-state index in [9.17, 15) is 8.78 Å². The van der Waals surface area contributed by atoms with Gasteiger partial charge in [-0.1, -0.05) is 0 Å². The Kier molecular flexibility index (Phi) is 2.15. The van der Waals surface area contributed by atoms with Gasteiger partial charge in [0.15, 0.2) is 0 Å². The molecule has 0 aromatic rings. The van der Waals surface area contributed by atoms with Crippen molar-refractivity contribution in [2.75, 3.05) is 13.6 Å². The highest BCUT2D eigenvalue weighted by atomic mass is 19.3. The Morgan fingerprint density at radius 2 is 2.14 bits per heavy atom. The highest BCUT2D eigenvalue weighted by Crippen LogP contribution is 2.06. The molecule has 0 aromatic heterocycles. The van der Waals surface area contributed by atoms with Gasteiger partial charge < -0.3 is 5.32 Å². The van der Waals surface area contributed by atoms with Crippen LogP contribution in [0.5, 0.6) is 0 Å². The summed E-state index contributed by atoms with van der Waals surface area (Å²) >= 11 is 0. The molecule has 0 bridgehead atoms. The summed E-state index contributed by atoms with van der Waals surface area (Å²) in [7, 11) is 1.46. The lowest BCUT2D eigenvalue weighted by molar-refractivity contribution is 0.0542. The number of hydrogen-bond acceptors (Lipinski definition) is 1. The summed E-state index contributed by atoms with van der Waals surface area (Å²) < 4.78 is 23.1. The number of alkyl halides is 2. The average molecular weight is 108 g/mol. The topological polar surface area (TPSA) is 12.0 Å². The molecule has 0 rings (SSSR count). The normalized spacial score (nSPS) is 12.0. The van der Waals surface area contributed by atoms with Crippen LogP contribution in [0.2, 0.25) is 0 Å². The SMILES string of the molecule is [CH2]C(F)(F)CNC. The van der Waals surface area contributed by atoms with Gasteiger partial charge in [-0.3, -0.25) is 0 Å². The van der Waals surface area contributed by atoms with E-state index in [4.69, 9.17) is 0 Å². The van der Waals surface area contributed by atoms with Crippen LogP contribution in [0.25, 0.3) is 0 Å². The van der Waals surface area contributed by atoms with E-state index in [1.807, 2.05) is 0 Å². The van der Waals surface area contributed by atoms with Crippen molar-refractivity contribution < 1.29 is 8.78 Å². The van der Waals surface area contributed by atoms with Crippen molar-refractivity contribution in [1.29, 1.82) is 0 Å². The minimum atomic E-state index is -2.81. The minimum absolute atomic E-state index is 0.354. The fourth-order valence-corrected chi connectivity index (χ4v) is 0.259. The summed E-state index contributed by atoms with van der Waals surface area (Å²) in [5, 5.41) is 2.30. The first-order chi connectivity index (χ1) is 3.06. The average Bonchev–Trinajstić information content (AvgIpc) is 1.30. The van der Waals surface area contributed by atoms with Crippen LogP contribution < -0.4 is 5.32 Å². The maximum absolute atomic E-state index is 11.5. The fourth-order valence-electron chi connectivity index (χ4n) is 0.259. The molecule has 0 aliphatic rings. The molecule has 43 valence electrons. The molecule has 1 radical (unpaired) electrons. The molecular weight excluding hydrogens is 100 g/mol. The van der Waals surface area contributed by atoms with Gasteiger partial charge in [-0.05, 0) is 7.05 Å². The smallest absolute Gasteiger partial charge is 0.260 e. The standard InChI is InChI=1S/C4H8F2N/c1-4(5,6)3-7-2/h7H,1,3H2,2H3. The second kappa shape index (κ2) is 2.21. The zero-order valence-corrected chi connectivity index (χ0v) is 4.17. The van der Waals surface area contributed by atoms with Gasteiger partial charge in [0, 0.05) is 6.92 Å². The third kappa shape index (κ3) is 5.82. The quantitative estimate of drug-likeness (QED) is 0.548. The lowest BCUT2D eigenvalue weighted by Gasteiger charge is -2.06. The molecule has 0 spiro atoms. The number of hydrogen-bond donors (Lipinski definition) is 1. The zero-order chi connectivity index (χ0) is 5.91. The Labute approximate surface area is 41.7 Å². The fraction of sp³-hybridized carbons (Fsp3) is 0.750. The Bertz CT molecular complexity index is 48.1. The van der Waals surface area contributed by atoms with Crippen LogP contribution in [-0.2, 0) is 0 Å². The zero-order valence-electron chi connectivity index (χ0n) is 4.17. The van der Waals surface area contributed by atoms with Gasteiger partial charge in [0.05, 0.1) is 6.54 Å². The molecule has 0 saturated heterocycles. The molecule has 0 heterocycles. The summed E-state index contributed by atoms with van der Waals surface area (Å²) in [5.41, 5.74) is 0. The maximum atomic E-state index is 11.5. The highest BCUT2D eigenvalue weighted by Gasteiger charge is 2.18. The Morgan fingerprint density at radius 3 is 2.14 bits per heavy atom. The van der Waals surface area contributed by atoms with Crippen LogP contribution >= 0.6 is 0 Å². The van der Waals surface area contributed by atoms with Crippen molar-refractivity contribution in [2.45, 2.75) is 5.92 Å². The molecule has 0 amide bonds. The molecule has 0 aliphatic heterocycles. The van der Waals surface area contributed by atoms with E-state index in [0.29, 0.717) is 0 Å². The highest BCUT2D eigenvalue weighted by molar-refractivity contribution is 4.69. The van der Waals surface area contributed by atoms with E-state index in [2.05, 4.69) is 12.2 Å². The Balaban J connectivity index is 3.15. The van der Waals surface area contributed by atoms with Gasteiger partial charge in [0.2, 0.25) is 0 Å². The van der Waals surface area contributed by atoms with Crippen molar-refractivity contribution in [3.05, 3.63) is 6.92 Å². The third-order valence-corrected chi connectivity index (χ3v) is 0.435. The molecule has 1 nitrogen and oxygen atoms in total. The summed E-state index contributed by atoms with van der Waals surface area (Å²) in [5.74, 6) is -2.81. The van der Waals surface area contributed by atoms with Gasteiger partial charge >= 0.3 is 0 Å². The lowest BCUT2D eigenvalue weighted by Crippen LogP contribution is -2.26. The van der Waals surface area contributed by atoms with E-state index >= 15 is 0 Å². The van der Waals surface area contributed by atoms with E-state index in [0.717, 1.165) is 0 Å². The predicted octanol–water partition coefficient (Wildman–Crippen LogP) is 0.675. The molecule has 0 fully saturated rings. The van der Waals surface area contributed by atoms with Crippen LogP contribution in [0.3, 0.4) is 0 Å². The van der Waals surface area contributed by atoms with Gasteiger partial charge in [0.1, 0.15) is 0 Å². The third-order valence-electron chi connectivity index (χ3n) is 0.435. The van der Waals surface area contributed by atoms with E-state index in [1.54, 1.807) is 0 Å². The summed E-state index contributed by atoms with van der Waals surface area (Å²) in [6.07, 6.45) is 0. The molecular formula is C4H8F2N. The predicted molar refractivity (Wildman–Crippen MR) is 24.2 cm³/mol. The van der Waals surface area contributed by atoms with Crippen molar-refractivity contribution in [1.82, 2.24) is 5.32 Å². The Hall–Kier alpha value is -0.180. The molecule has 0 unspecified atom stereocenters. The second-order valence-electron chi connectivity index (χ2n) is 1.39.